The van der Waals surface area contributed by atoms with E-state index in [1.54, 1.807) is 4.90 Å². The number of anilines is 2. The van der Waals surface area contributed by atoms with Crippen molar-refractivity contribution < 1.29 is 23.1 Å². The zero-order valence-electron chi connectivity index (χ0n) is 17.6. The van der Waals surface area contributed by atoms with Gasteiger partial charge in [0.1, 0.15) is 11.4 Å². The fraction of sp³-hybridized carbons (Fsp3) is 0.227. The minimum absolute atomic E-state index is 0.0523. The topological polar surface area (TPSA) is 127 Å². The zero-order chi connectivity index (χ0) is 24.7. The van der Waals surface area contributed by atoms with Gasteiger partial charge in [0.15, 0.2) is 23.3 Å². The van der Waals surface area contributed by atoms with Crippen LogP contribution >= 0.6 is 11.6 Å². The lowest BCUT2D eigenvalue weighted by Crippen LogP contribution is -2.32. The summed E-state index contributed by atoms with van der Waals surface area (Å²) in [5.74, 6) is -6.08. The number of fused-ring (bicyclic) bond motifs is 1. The number of aromatic carboxylic acids is 1. The van der Waals surface area contributed by atoms with Crippen molar-refractivity contribution in [3.05, 3.63) is 68.2 Å². The van der Waals surface area contributed by atoms with Crippen LogP contribution in [0.4, 0.5) is 24.7 Å². The van der Waals surface area contributed by atoms with Crippen molar-refractivity contribution in [3.63, 3.8) is 0 Å². The summed E-state index contributed by atoms with van der Waals surface area (Å²) in [5, 5.41) is 8.80. The van der Waals surface area contributed by atoms with Crippen molar-refractivity contribution >= 4 is 40.0 Å². The molecule has 0 aliphatic carbocycles. The molecule has 1 aromatic carbocycles. The third kappa shape index (κ3) is 3.97. The second-order valence-corrected chi connectivity index (χ2v) is 8.13. The van der Waals surface area contributed by atoms with E-state index in [0.29, 0.717) is 32.1 Å². The van der Waals surface area contributed by atoms with Crippen LogP contribution < -0.4 is 21.8 Å². The number of aromatic nitrogens is 2. The van der Waals surface area contributed by atoms with Crippen molar-refractivity contribution in [3.8, 4) is 5.82 Å². The molecule has 0 saturated carbocycles. The van der Waals surface area contributed by atoms with E-state index in [4.69, 9.17) is 23.1 Å². The molecule has 1 fully saturated rings. The number of carboxylic acid groups (broad SMARTS) is 1. The monoisotopic (exact) mass is 493 g/mol. The summed E-state index contributed by atoms with van der Waals surface area (Å²) in [7, 11) is 0. The molecular formula is C22H19ClF3N5O3. The Labute approximate surface area is 195 Å². The molecule has 3 aromatic rings. The first-order chi connectivity index (χ1) is 16.1. The van der Waals surface area contributed by atoms with Crippen molar-refractivity contribution in [1.29, 1.82) is 0 Å². The normalized spacial score (nSPS) is 15.3. The van der Waals surface area contributed by atoms with Crippen LogP contribution in [0.3, 0.4) is 0 Å². The molecule has 12 heteroatoms. The van der Waals surface area contributed by atoms with Gasteiger partial charge in [-0.3, -0.25) is 9.36 Å². The maximum atomic E-state index is 15.3. The Morgan fingerprint density at radius 2 is 1.97 bits per heavy atom. The van der Waals surface area contributed by atoms with Crippen molar-refractivity contribution in [2.45, 2.75) is 12.8 Å². The highest BCUT2D eigenvalue weighted by atomic mass is 35.5. The minimum Gasteiger partial charge on any atom is -0.477 e. The Hall–Kier alpha value is -3.57. The van der Waals surface area contributed by atoms with E-state index in [0.717, 1.165) is 28.8 Å². The number of hydrogen-bond donors (Lipinski definition) is 3. The molecule has 8 nitrogen and oxygen atoms in total. The zero-order valence-corrected chi connectivity index (χ0v) is 18.4. The van der Waals surface area contributed by atoms with Crippen LogP contribution in [0.25, 0.3) is 16.7 Å². The van der Waals surface area contributed by atoms with Gasteiger partial charge in [-0.2, -0.15) is 0 Å². The molecule has 178 valence electrons. The average molecular weight is 494 g/mol. The Bertz CT molecular complexity index is 1420. The molecule has 0 unspecified atom stereocenters. The Balaban J connectivity index is 2.07. The highest BCUT2D eigenvalue weighted by Crippen LogP contribution is 2.38. The number of hydrogen-bond acceptors (Lipinski definition) is 6. The van der Waals surface area contributed by atoms with Crippen LogP contribution in [0.15, 0.2) is 34.8 Å². The number of nitrogens with two attached hydrogens (primary N) is 2. The van der Waals surface area contributed by atoms with Gasteiger partial charge >= 0.3 is 5.97 Å². The lowest BCUT2D eigenvalue weighted by atomic mass is 10.0. The van der Waals surface area contributed by atoms with Gasteiger partial charge in [0, 0.05) is 31.9 Å². The summed E-state index contributed by atoms with van der Waals surface area (Å²) in [6.07, 6.45) is 4.10. The first-order valence-corrected chi connectivity index (χ1v) is 10.6. The van der Waals surface area contributed by atoms with Gasteiger partial charge in [-0.25, -0.2) is 22.9 Å². The lowest BCUT2D eigenvalue weighted by molar-refractivity contribution is 0.0695. The Morgan fingerprint density at radius 3 is 2.65 bits per heavy atom. The standard InChI is InChI=1S/C22H19ClF3N5O3/c23-16-17-11(6-13(24)18(16)30-5-1-2-10(8-30)3-4-27)19(32)12(22(33)34)9-31(17)21-15(26)7-14(25)20(28)29-21/h3,6-7,9H,1-2,4-5,8,27H2,(H2,28,29)(H,33,34)/b10-3-. The molecule has 1 aliphatic heterocycles. The number of halogens is 4. The summed E-state index contributed by atoms with van der Waals surface area (Å²) in [5.41, 5.74) is 10.0. The lowest BCUT2D eigenvalue weighted by Gasteiger charge is -2.32. The fourth-order valence-electron chi connectivity index (χ4n) is 4.08. The largest absolute Gasteiger partial charge is 0.477 e. The molecule has 0 radical (unpaired) electrons. The molecule has 3 heterocycles. The van der Waals surface area contributed by atoms with Gasteiger partial charge in [0.05, 0.1) is 21.6 Å². The molecule has 0 bridgehead atoms. The van der Waals surface area contributed by atoms with E-state index in [-0.39, 0.29) is 16.2 Å². The number of pyridine rings is 2. The third-order valence-corrected chi connectivity index (χ3v) is 5.95. The molecule has 34 heavy (non-hydrogen) atoms. The number of carboxylic acids is 1. The number of piperidine rings is 1. The third-order valence-electron chi connectivity index (χ3n) is 5.60. The molecule has 2 aromatic heterocycles. The van der Waals surface area contributed by atoms with Crippen LogP contribution in [0.5, 0.6) is 0 Å². The van der Waals surface area contributed by atoms with Crippen LogP contribution in [-0.2, 0) is 0 Å². The number of nitrogens with zero attached hydrogens (tertiary/aromatic N) is 3. The molecule has 0 spiro atoms. The van der Waals surface area contributed by atoms with Crippen LogP contribution in [0.1, 0.15) is 23.2 Å². The first kappa shape index (κ1) is 23.6. The smallest absolute Gasteiger partial charge is 0.341 e. The predicted octanol–water partition coefficient (Wildman–Crippen LogP) is 3.22. The highest BCUT2D eigenvalue weighted by Gasteiger charge is 2.27. The second-order valence-electron chi connectivity index (χ2n) is 7.75. The van der Waals surface area contributed by atoms with Gasteiger partial charge in [0.25, 0.3) is 0 Å². The SMILES string of the molecule is NC/C=C1/CCCN(c2c(F)cc3c(=O)c(C(=O)O)cn(-c4nc(N)c(F)cc4F)c3c2Cl)C1. The molecule has 0 amide bonds. The van der Waals surface area contributed by atoms with Crippen LogP contribution in [0.2, 0.25) is 5.02 Å². The number of carbonyl (C=O) groups is 1. The molecule has 1 aliphatic rings. The van der Waals surface area contributed by atoms with E-state index < -0.39 is 51.4 Å². The van der Waals surface area contributed by atoms with E-state index >= 15 is 4.39 Å². The van der Waals surface area contributed by atoms with Gasteiger partial charge < -0.3 is 21.5 Å². The predicted molar refractivity (Wildman–Crippen MR) is 122 cm³/mol. The van der Waals surface area contributed by atoms with E-state index in [1.807, 2.05) is 6.08 Å². The first-order valence-electron chi connectivity index (χ1n) is 10.2. The van der Waals surface area contributed by atoms with Crippen molar-refractivity contribution in [2.24, 2.45) is 5.73 Å². The van der Waals surface area contributed by atoms with Gasteiger partial charge in [-0.05, 0) is 18.9 Å². The number of benzene rings is 1. The second kappa shape index (κ2) is 8.99. The highest BCUT2D eigenvalue weighted by molar-refractivity contribution is 6.38. The van der Waals surface area contributed by atoms with Gasteiger partial charge in [0.2, 0.25) is 5.43 Å². The summed E-state index contributed by atoms with van der Waals surface area (Å²) >= 11 is 6.60. The quantitative estimate of drug-likeness (QED) is 0.476. The Kier molecular flexibility index (Phi) is 6.24. The molecule has 1 saturated heterocycles. The summed E-state index contributed by atoms with van der Waals surface area (Å²) in [4.78, 5) is 29.8. The van der Waals surface area contributed by atoms with Gasteiger partial charge in [-0.15, -0.1) is 0 Å². The number of rotatable bonds is 4. The van der Waals surface area contributed by atoms with Crippen molar-refractivity contribution in [1.82, 2.24) is 9.55 Å². The molecule has 5 N–H and O–H groups in total. The van der Waals surface area contributed by atoms with Gasteiger partial charge in [-0.1, -0.05) is 23.3 Å². The molecular weight excluding hydrogens is 475 g/mol. The molecule has 4 rings (SSSR count). The van der Waals surface area contributed by atoms with Crippen molar-refractivity contribution in [2.75, 3.05) is 30.3 Å². The maximum absolute atomic E-state index is 15.3. The summed E-state index contributed by atoms with van der Waals surface area (Å²) < 4.78 is 44.6. The summed E-state index contributed by atoms with van der Waals surface area (Å²) in [6, 6.07) is 1.32. The fourth-order valence-corrected chi connectivity index (χ4v) is 4.48. The number of nitrogen functional groups attached to an aromatic ring is 1. The van der Waals surface area contributed by atoms with E-state index in [1.165, 1.54) is 0 Å². The van der Waals surface area contributed by atoms with Crippen LogP contribution in [-0.4, -0.2) is 40.3 Å². The minimum atomic E-state index is -1.63. The van der Waals surface area contributed by atoms with E-state index in [2.05, 4.69) is 4.98 Å². The Morgan fingerprint density at radius 1 is 1.24 bits per heavy atom. The average Bonchev–Trinajstić information content (AvgIpc) is 2.77. The maximum Gasteiger partial charge on any atom is 0.341 e. The van der Waals surface area contributed by atoms with Crippen LogP contribution in [0, 0.1) is 17.5 Å². The van der Waals surface area contributed by atoms with E-state index in [9.17, 15) is 23.5 Å². The summed E-state index contributed by atoms with van der Waals surface area (Å²) in [6.45, 7) is 1.08. The molecule has 0 atom stereocenters.